The molecule has 3 aromatic rings. The number of rotatable bonds is 1. The lowest BCUT2D eigenvalue weighted by Gasteiger charge is -2.39. The number of amides is 1. The Kier molecular flexibility index (Phi) is 5.22. The number of anilines is 1. The fourth-order valence-corrected chi connectivity index (χ4v) is 4.67. The van der Waals surface area contributed by atoms with Gasteiger partial charge in [0.25, 0.3) is 5.91 Å². The van der Waals surface area contributed by atoms with E-state index in [2.05, 4.69) is 9.66 Å². The minimum Gasteiger partial charge on any atom is -0.505 e. The standard InChI is InChI=1S/C22H15ClF2N2O4S/c23-15-5-11-6-20(21(15)28)32-26-17-7-14(16(24)8-19(17)31-25)13-3-1-2-4-18(13)30-12-9-27(10-12)22(11)29/h1-8,12,26,28H,9-10H2. The van der Waals surface area contributed by atoms with Crippen LogP contribution in [-0.4, -0.2) is 35.1 Å². The van der Waals surface area contributed by atoms with E-state index in [9.17, 15) is 18.8 Å². The van der Waals surface area contributed by atoms with Crippen molar-refractivity contribution in [2.24, 2.45) is 0 Å². The summed E-state index contributed by atoms with van der Waals surface area (Å²) in [7, 11) is 0. The first-order valence-electron chi connectivity index (χ1n) is 9.57. The molecule has 1 fully saturated rings. The Morgan fingerprint density at radius 1 is 1.19 bits per heavy atom. The molecule has 0 aromatic heterocycles. The third-order valence-electron chi connectivity index (χ3n) is 5.30. The number of aromatic hydroxyl groups is 1. The number of nitrogens with one attached hydrogen (secondary N) is 1. The molecule has 3 aliphatic rings. The van der Waals surface area contributed by atoms with Crippen molar-refractivity contribution in [1.29, 1.82) is 0 Å². The van der Waals surface area contributed by atoms with E-state index in [0.29, 0.717) is 24.4 Å². The quantitative estimate of drug-likeness (QED) is 0.455. The zero-order chi connectivity index (χ0) is 22.4. The summed E-state index contributed by atoms with van der Waals surface area (Å²) in [5.41, 5.74) is 1.03. The number of ether oxygens (including phenoxy) is 1. The SMILES string of the molecule is O=C1c2cc(Cl)c(O)c(c2)SNc2cc(c(F)cc2OF)-c2ccccc2OC2CN1C2. The van der Waals surface area contributed by atoms with Crippen LogP contribution < -0.4 is 14.4 Å². The predicted molar refractivity (Wildman–Crippen MR) is 116 cm³/mol. The van der Waals surface area contributed by atoms with E-state index in [0.717, 1.165) is 18.0 Å². The normalized spacial score (nSPS) is 15.5. The Labute approximate surface area is 190 Å². The molecule has 0 atom stereocenters. The van der Waals surface area contributed by atoms with E-state index in [4.69, 9.17) is 16.3 Å². The van der Waals surface area contributed by atoms with Crippen LogP contribution in [0, 0.1) is 5.82 Å². The maximum absolute atomic E-state index is 14.9. The second kappa shape index (κ2) is 8.07. The molecule has 10 heteroatoms. The number of hydrogen-bond donors (Lipinski definition) is 2. The molecule has 3 aromatic carbocycles. The average Bonchev–Trinajstić information content (AvgIpc) is 2.77. The smallest absolute Gasteiger partial charge is 0.254 e. The van der Waals surface area contributed by atoms with E-state index in [1.807, 2.05) is 0 Å². The lowest BCUT2D eigenvalue weighted by Crippen LogP contribution is -2.56. The van der Waals surface area contributed by atoms with Crippen molar-refractivity contribution in [3.8, 4) is 28.4 Å². The van der Waals surface area contributed by atoms with Crippen molar-refractivity contribution in [1.82, 2.24) is 4.90 Å². The first kappa shape index (κ1) is 20.7. The van der Waals surface area contributed by atoms with Gasteiger partial charge in [-0.25, -0.2) is 4.39 Å². The van der Waals surface area contributed by atoms with Crippen LogP contribution >= 0.6 is 23.5 Å². The van der Waals surface area contributed by atoms with Crippen molar-refractivity contribution in [3.05, 3.63) is 64.9 Å². The van der Waals surface area contributed by atoms with E-state index < -0.39 is 5.82 Å². The van der Waals surface area contributed by atoms with Crippen LogP contribution in [-0.2, 0) is 0 Å². The maximum atomic E-state index is 14.9. The highest BCUT2D eigenvalue weighted by molar-refractivity contribution is 8.00. The number of nitrogens with zero attached hydrogens (tertiary/aromatic N) is 1. The van der Waals surface area contributed by atoms with Crippen molar-refractivity contribution >= 4 is 35.1 Å². The molecular formula is C22H15ClF2N2O4S. The molecule has 0 spiro atoms. The first-order chi connectivity index (χ1) is 15.4. The van der Waals surface area contributed by atoms with Gasteiger partial charge < -0.3 is 19.5 Å². The first-order valence-corrected chi connectivity index (χ1v) is 10.8. The Morgan fingerprint density at radius 2 is 1.97 bits per heavy atom. The molecule has 1 saturated heterocycles. The molecular weight excluding hydrogens is 462 g/mol. The van der Waals surface area contributed by atoms with Crippen LogP contribution in [0.3, 0.4) is 0 Å². The third-order valence-corrected chi connectivity index (χ3v) is 6.45. The fourth-order valence-electron chi connectivity index (χ4n) is 3.62. The molecule has 0 aliphatic carbocycles. The highest BCUT2D eigenvalue weighted by Gasteiger charge is 2.34. The van der Waals surface area contributed by atoms with Gasteiger partial charge >= 0.3 is 0 Å². The van der Waals surface area contributed by atoms with Crippen molar-refractivity contribution in [2.45, 2.75) is 11.0 Å². The lowest BCUT2D eigenvalue weighted by molar-refractivity contribution is -0.00552. The number of hydrogen-bond acceptors (Lipinski definition) is 6. The van der Waals surface area contributed by atoms with Gasteiger partial charge in [0, 0.05) is 27.3 Å². The molecule has 3 heterocycles. The Bertz CT molecular complexity index is 1240. The van der Waals surface area contributed by atoms with Crippen LogP contribution in [0.5, 0.6) is 17.2 Å². The zero-order valence-electron chi connectivity index (χ0n) is 16.3. The van der Waals surface area contributed by atoms with Gasteiger partial charge in [-0.1, -0.05) is 29.8 Å². The number of halogens is 3. The summed E-state index contributed by atoms with van der Waals surface area (Å²) in [5, 5.41) is 10.3. The number of para-hydroxylation sites is 1. The summed E-state index contributed by atoms with van der Waals surface area (Å²) in [4.78, 5) is 18.5. The number of carbonyl (C=O) groups excluding carboxylic acids is 1. The molecule has 6 nitrogen and oxygen atoms in total. The Hall–Kier alpha value is -3.17. The van der Waals surface area contributed by atoms with E-state index >= 15 is 0 Å². The molecule has 164 valence electrons. The number of carbonyl (C=O) groups is 1. The lowest BCUT2D eigenvalue weighted by atomic mass is 10.0. The van der Waals surface area contributed by atoms with Gasteiger partial charge in [-0.2, -0.15) is 0 Å². The van der Waals surface area contributed by atoms with Gasteiger partial charge in [0.1, 0.15) is 23.4 Å². The molecule has 32 heavy (non-hydrogen) atoms. The van der Waals surface area contributed by atoms with Crippen LogP contribution in [0.25, 0.3) is 11.1 Å². The van der Waals surface area contributed by atoms with Crippen LogP contribution in [0.15, 0.2) is 53.4 Å². The second-order valence-corrected chi connectivity index (χ2v) is 8.62. The Morgan fingerprint density at radius 3 is 2.75 bits per heavy atom. The number of phenolic OH excluding ortho intramolecular Hbond substituents is 1. The average molecular weight is 477 g/mol. The predicted octanol–water partition coefficient (Wildman–Crippen LogP) is 5.45. The van der Waals surface area contributed by atoms with Gasteiger partial charge in [-0.15, -0.1) is 0 Å². The van der Waals surface area contributed by atoms with Gasteiger partial charge in [0.2, 0.25) is 0 Å². The maximum Gasteiger partial charge on any atom is 0.254 e. The fraction of sp³-hybridized carbons (Fsp3) is 0.136. The van der Waals surface area contributed by atoms with Crippen molar-refractivity contribution < 1.29 is 28.5 Å². The third kappa shape index (κ3) is 3.57. The van der Waals surface area contributed by atoms with Crippen molar-refractivity contribution in [3.63, 3.8) is 0 Å². The summed E-state index contributed by atoms with van der Waals surface area (Å²) in [6.07, 6.45) is -0.277. The van der Waals surface area contributed by atoms with Gasteiger partial charge in [-0.05, 0) is 36.2 Å². The molecule has 0 unspecified atom stereocenters. The Balaban J connectivity index is 1.65. The summed E-state index contributed by atoms with van der Waals surface area (Å²) < 4.78 is 36.9. The summed E-state index contributed by atoms with van der Waals surface area (Å²) in [5.74, 6) is -1.16. The minimum atomic E-state index is -0.702. The van der Waals surface area contributed by atoms with E-state index in [1.54, 1.807) is 29.2 Å². The number of benzene rings is 3. The monoisotopic (exact) mass is 476 g/mol. The van der Waals surface area contributed by atoms with Crippen LogP contribution in [0.2, 0.25) is 5.02 Å². The summed E-state index contributed by atoms with van der Waals surface area (Å²) in [6.45, 7) is 0.684. The van der Waals surface area contributed by atoms with E-state index in [-0.39, 0.29) is 50.2 Å². The number of fused-ring (bicyclic) bond motifs is 1. The van der Waals surface area contributed by atoms with Gasteiger partial charge in [-0.3, -0.25) is 9.74 Å². The molecule has 6 bridgehead atoms. The zero-order valence-corrected chi connectivity index (χ0v) is 17.8. The molecule has 3 aliphatic heterocycles. The van der Waals surface area contributed by atoms with Crippen molar-refractivity contribution in [2.75, 3.05) is 17.8 Å². The summed E-state index contributed by atoms with van der Waals surface area (Å²) in [6, 6.07) is 12.1. The number of phenols is 1. The van der Waals surface area contributed by atoms with Gasteiger partial charge in [0.05, 0.1) is 28.7 Å². The molecule has 2 N–H and O–H groups in total. The topological polar surface area (TPSA) is 71.0 Å². The van der Waals surface area contributed by atoms with Crippen LogP contribution in [0.4, 0.5) is 14.6 Å². The summed E-state index contributed by atoms with van der Waals surface area (Å²) >= 11 is 7.00. The van der Waals surface area contributed by atoms with E-state index in [1.165, 1.54) is 18.2 Å². The largest absolute Gasteiger partial charge is 0.505 e. The molecule has 0 saturated carbocycles. The van der Waals surface area contributed by atoms with Gasteiger partial charge in [0.15, 0.2) is 5.75 Å². The molecule has 6 rings (SSSR count). The molecule has 0 radical (unpaired) electrons. The second-order valence-electron chi connectivity index (χ2n) is 7.36. The highest BCUT2D eigenvalue weighted by atomic mass is 35.5. The van der Waals surface area contributed by atoms with Crippen LogP contribution in [0.1, 0.15) is 10.4 Å². The highest BCUT2D eigenvalue weighted by Crippen LogP contribution is 2.42. The minimum absolute atomic E-state index is 0.00745. The molecule has 1 amide bonds.